The summed E-state index contributed by atoms with van der Waals surface area (Å²) in [4.78, 5) is 32.8. The van der Waals surface area contributed by atoms with E-state index in [-0.39, 0.29) is 18.4 Å². The second-order valence-corrected chi connectivity index (χ2v) is 7.25. The van der Waals surface area contributed by atoms with Crippen molar-refractivity contribution in [1.29, 1.82) is 0 Å². The number of likely N-dealkylation sites (N-methyl/N-ethyl adjacent to an activating group) is 1. The Bertz CT molecular complexity index is 859. The summed E-state index contributed by atoms with van der Waals surface area (Å²) in [5, 5.41) is 4.40. The van der Waals surface area contributed by atoms with Gasteiger partial charge in [-0.1, -0.05) is 0 Å². The van der Waals surface area contributed by atoms with Crippen LogP contribution in [0.1, 0.15) is 28.7 Å². The molecule has 0 spiro atoms. The molecule has 1 fully saturated rings. The van der Waals surface area contributed by atoms with Crippen molar-refractivity contribution in [1.82, 2.24) is 24.6 Å². The molecule has 0 aliphatic carbocycles. The summed E-state index contributed by atoms with van der Waals surface area (Å²) >= 11 is 0. The molecule has 3 heterocycles. The minimum absolute atomic E-state index is 0.155. The second-order valence-electron chi connectivity index (χ2n) is 7.25. The first-order valence-corrected chi connectivity index (χ1v) is 8.86. The van der Waals surface area contributed by atoms with Gasteiger partial charge in [0, 0.05) is 32.5 Å². The lowest BCUT2D eigenvalue weighted by Crippen LogP contribution is -2.59. The van der Waals surface area contributed by atoms with Crippen LogP contribution in [0.3, 0.4) is 0 Å². The van der Waals surface area contributed by atoms with Gasteiger partial charge in [-0.25, -0.2) is 9.67 Å². The van der Waals surface area contributed by atoms with E-state index in [9.17, 15) is 9.59 Å². The minimum Gasteiger partial charge on any atom is -0.362 e. The Hall–Kier alpha value is -2.74. The summed E-state index contributed by atoms with van der Waals surface area (Å²) < 4.78 is 7.43. The van der Waals surface area contributed by atoms with Crippen molar-refractivity contribution in [3.05, 3.63) is 41.3 Å². The van der Waals surface area contributed by atoms with Crippen molar-refractivity contribution in [2.24, 2.45) is 0 Å². The zero-order valence-electron chi connectivity index (χ0n) is 16.4. The van der Waals surface area contributed by atoms with Crippen LogP contribution in [0.2, 0.25) is 0 Å². The molecule has 0 aromatic carbocycles. The molecule has 8 heteroatoms. The summed E-state index contributed by atoms with van der Waals surface area (Å²) in [5.74, 6) is 0.341. The number of pyridine rings is 1. The highest BCUT2D eigenvalue weighted by atomic mass is 16.5. The monoisotopic (exact) mass is 371 g/mol. The first-order chi connectivity index (χ1) is 12.7. The van der Waals surface area contributed by atoms with E-state index in [1.807, 2.05) is 19.9 Å². The maximum Gasteiger partial charge on any atom is 0.255 e. The lowest BCUT2D eigenvalue weighted by Gasteiger charge is -2.40. The van der Waals surface area contributed by atoms with E-state index in [1.165, 1.54) is 4.90 Å². The number of hydrogen-bond acceptors (Lipinski definition) is 5. The average Bonchev–Trinajstić information content (AvgIpc) is 2.98. The summed E-state index contributed by atoms with van der Waals surface area (Å²) in [5.41, 5.74) is 1.33. The Kier molecular flexibility index (Phi) is 5.01. The fourth-order valence-corrected chi connectivity index (χ4v) is 3.33. The fourth-order valence-electron chi connectivity index (χ4n) is 3.33. The maximum absolute atomic E-state index is 12.9. The Labute approximate surface area is 158 Å². The highest BCUT2D eigenvalue weighted by Crippen LogP contribution is 2.21. The molecule has 0 N–H and O–H groups in total. The lowest BCUT2D eigenvalue weighted by atomic mass is 10.0. The molecular weight excluding hydrogens is 346 g/mol. The quantitative estimate of drug-likeness (QED) is 0.810. The molecule has 144 valence electrons. The highest BCUT2D eigenvalue weighted by Gasteiger charge is 2.41. The molecule has 1 aliphatic heterocycles. The van der Waals surface area contributed by atoms with Gasteiger partial charge in [0.2, 0.25) is 0 Å². The Morgan fingerprint density at radius 1 is 1.26 bits per heavy atom. The molecule has 0 saturated carbocycles. The molecule has 8 nitrogen and oxygen atoms in total. The van der Waals surface area contributed by atoms with Gasteiger partial charge in [0.1, 0.15) is 0 Å². The average molecular weight is 371 g/mol. The Morgan fingerprint density at radius 3 is 2.56 bits per heavy atom. The molecule has 0 radical (unpaired) electrons. The molecule has 3 rings (SSSR count). The van der Waals surface area contributed by atoms with Crippen LogP contribution in [0.5, 0.6) is 0 Å². The number of carbonyl (C=O) groups excluding carboxylic acids is 2. The number of amides is 2. The summed E-state index contributed by atoms with van der Waals surface area (Å²) in [6, 6.07) is 5.48. The van der Waals surface area contributed by atoms with Gasteiger partial charge in [0.25, 0.3) is 11.8 Å². The largest absolute Gasteiger partial charge is 0.362 e. The molecule has 2 aromatic heterocycles. The van der Waals surface area contributed by atoms with E-state index < -0.39 is 5.60 Å². The van der Waals surface area contributed by atoms with E-state index in [0.29, 0.717) is 24.5 Å². The van der Waals surface area contributed by atoms with Crippen molar-refractivity contribution in [3.63, 3.8) is 0 Å². The van der Waals surface area contributed by atoms with Crippen LogP contribution in [0, 0.1) is 13.8 Å². The highest BCUT2D eigenvalue weighted by molar-refractivity contribution is 5.95. The van der Waals surface area contributed by atoms with Crippen LogP contribution in [-0.4, -0.2) is 75.8 Å². The summed E-state index contributed by atoms with van der Waals surface area (Å²) in [6.07, 6.45) is 1.55. The molecule has 1 aliphatic rings. The molecule has 0 bridgehead atoms. The lowest BCUT2D eigenvalue weighted by molar-refractivity contribution is -0.162. The van der Waals surface area contributed by atoms with E-state index in [2.05, 4.69) is 10.1 Å². The van der Waals surface area contributed by atoms with Gasteiger partial charge in [-0.05, 0) is 39.0 Å². The zero-order valence-corrected chi connectivity index (χ0v) is 16.4. The summed E-state index contributed by atoms with van der Waals surface area (Å²) in [7, 11) is 3.36. The topological polar surface area (TPSA) is 80.6 Å². The number of rotatable bonds is 3. The van der Waals surface area contributed by atoms with Crippen molar-refractivity contribution >= 4 is 11.8 Å². The third-order valence-corrected chi connectivity index (χ3v) is 4.64. The third-order valence-electron chi connectivity index (χ3n) is 4.64. The van der Waals surface area contributed by atoms with E-state index in [1.54, 1.807) is 48.9 Å². The number of nitrogens with zero attached hydrogens (tertiary/aromatic N) is 5. The second kappa shape index (κ2) is 7.11. The Morgan fingerprint density at radius 2 is 2.00 bits per heavy atom. The first-order valence-electron chi connectivity index (χ1n) is 8.86. The van der Waals surface area contributed by atoms with Crippen LogP contribution in [-0.2, 0) is 9.53 Å². The number of aryl methyl sites for hydroxylation is 2. The van der Waals surface area contributed by atoms with Gasteiger partial charge >= 0.3 is 0 Å². The van der Waals surface area contributed by atoms with Crippen molar-refractivity contribution in [3.8, 4) is 5.82 Å². The zero-order chi connectivity index (χ0) is 19.8. The standard InChI is InChI=1S/C19H25N5O3/c1-13-10-14(2)24(21-13)16-7-6-15(11-20-16)17(25)23-8-9-27-19(3,12-23)18(26)22(4)5/h6-7,10-11H,8-9,12H2,1-5H3/t19-/m0/s1. The smallest absolute Gasteiger partial charge is 0.255 e. The number of ether oxygens (including phenoxy) is 1. The van der Waals surface area contributed by atoms with Gasteiger partial charge in [0.05, 0.1) is 24.4 Å². The number of aromatic nitrogens is 3. The predicted octanol–water partition coefficient (Wildman–Crippen LogP) is 1.20. The maximum atomic E-state index is 12.9. The molecule has 1 saturated heterocycles. The van der Waals surface area contributed by atoms with Gasteiger partial charge in [-0.15, -0.1) is 0 Å². The molecular formula is C19H25N5O3. The van der Waals surface area contributed by atoms with Gasteiger partial charge < -0.3 is 14.5 Å². The minimum atomic E-state index is -1.03. The molecule has 1 atom stereocenters. The predicted molar refractivity (Wildman–Crippen MR) is 99.8 cm³/mol. The van der Waals surface area contributed by atoms with Gasteiger partial charge in [0.15, 0.2) is 11.4 Å². The van der Waals surface area contributed by atoms with E-state index in [4.69, 9.17) is 4.74 Å². The molecule has 0 unspecified atom stereocenters. The molecule has 2 amide bonds. The first kappa shape index (κ1) is 19.0. The molecule has 27 heavy (non-hydrogen) atoms. The Balaban J connectivity index is 1.77. The van der Waals surface area contributed by atoms with Crippen LogP contribution in [0.4, 0.5) is 0 Å². The normalized spacial score (nSPS) is 19.8. The van der Waals surface area contributed by atoms with Crippen LogP contribution >= 0.6 is 0 Å². The number of hydrogen-bond donors (Lipinski definition) is 0. The van der Waals surface area contributed by atoms with Gasteiger partial charge in [-0.2, -0.15) is 5.10 Å². The fraction of sp³-hybridized carbons (Fsp3) is 0.474. The van der Waals surface area contributed by atoms with Crippen LogP contribution in [0.15, 0.2) is 24.4 Å². The number of carbonyl (C=O) groups is 2. The van der Waals surface area contributed by atoms with Crippen LogP contribution in [0.25, 0.3) is 5.82 Å². The van der Waals surface area contributed by atoms with Crippen molar-refractivity contribution < 1.29 is 14.3 Å². The van der Waals surface area contributed by atoms with Gasteiger partial charge in [-0.3, -0.25) is 9.59 Å². The number of morpholine rings is 1. The summed E-state index contributed by atoms with van der Waals surface area (Å²) in [6.45, 7) is 6.57. The van der Waals surface area contributed by atoms with Crippen molar-refractivity contribution in [2.75, 3.05) is 33.8 Å². The third kappa shape index (κ3) is 3.71. The van der Waals surface area contributed by atoms with E-state index >= 15 is 0 Å². The van der Waals surface area contributed by atoms with Crippen LogP contribution < -0.4 is 0 Å². The van der Waals surface area contributed by atoms with Crippen molar-refractivity contribution in [2.45, 2.75) is 26.4 Å². The van der Waals surface area contributed by atoms with E-state index in [0.717, 1.165) is 11.4 Å². The SMILES string of the molecule is Cc1cc(C)n(-c2ccc(C(=O)N3CCO[C@](C)(C(=O)N(C)C)C3)cn2)n1. The molecule has 2 aromatic rings.